The maximum atomic E-state index is 14.3. The minimum Gasteiger partial charge on any atom is -0.244 e. The normalized spacial score (nSPS) is 40.6. The van der Waals surface area contributed by atoms with Crippen molar-refractivity contribution in [3.63, 3.8) is 0 Å². The summed E-state index contributed by atoms with van der Waals surface area (Å²) in [7, 11) is 0. The van der Waals surface area contributed by atoms with Crippen LogP contribution >= 0.6 is 0 Å². The molecule has 0 heterocycles. The number of halogens is 1. The Bertz CT molecular complexity index is 155. The zero-order chi connectivity index (χ0) is 9.90. The summed E-state index contributed by atoms with van der Waals surface area (Å²) < 4.78 is 14.3. The quantitative estimate of drug-likeness (QED) is 0.615. The highest BCUT2D eigenvalue weighted by atomic mass is 19.1. The molecular formula is C12H23F. The summed E-state index contributed by atoms with van der Waals surface area (Å²) in [5, 5.41) is 0. The second kappa shape index (κ2) is 4.43. The van der Waals surface area contributed by atoms with Crippen LogP contribution in [0.5, 0.6) is 0 Å². The summed E-state index contributed by atoms with van der Waals surface area (Å²) in [4.78, 5) is 0. The molecule has 0 saturated heterocycles. The van der Waals surface area contributed by atoms with Crippen molar-refractivity contribution in [2.45, 2.75) is 65.0 Å². The molecule has 1 fully saturated rings. The largest absolute Gasteiger partial charge is 0.244 e. The van der Waals surface area contributed by atoms with E-state index in [1.807, 2.05) is 0 Å². The molecule has 0 aromatic heterocycles. The van der Waals surface area contributed by atoms with Gasteiger partial charge in [0.15, 0.2) is 0 Å². The van der Waals surface area contributed by atoms with Gasteiger partial charge in [0, 0.05) is 0 Å². The van der Waals surface area contributed by atoms with Crippen LogP contribution in [0, 0.1) is 11.8 Å². The Kier molecular flexibility index (Phi) is 3.75. The maximum Gasteiger partial charge on any atom is 0.111 e. The Labute approximate surface area is 81.9 Å². The van der Waals surface area contributed by atoms with Gasteiger partial charge in [-0.15, -0.1) is 0 Å². The molecule has 0 aromatic carbocycles. The Morgan fingerprint density at radius 2 is 2.00 bits per heavy atom. The minimum absolute atomic E-state index is 0.593. The van der Waals surface area contributed by atoms with Crippen molar-refractivity contribution in [1.82, 2.24) is 0 Å². The first-order chi connectivity index (χ1) is 6.09. The second-order valence-electron chi connectivity index (χ2n) is 4.92. The lowest BCUT2D eigenvalue weighted by Gasteiger charge is -2.38. The van der Waals surface area contributed by atoms with Gasteiger partial charge in [-0.25, -0.2) is 4.39 Å². The Hall–Kier alpha value is -0.0700. The summed E-state index contributed by atoms with van der Waals surface area (Å²) in [6.45, 7) is 6.47. The third-order valence-electron chi connectivity index (χ3n) is 3.38. The molecule has 1 rings (SSSR count). The summed E-state index contributed by atoms with van der Waals surface area (Å²) in [5.74, 6) is 1.23. The summed E-state index contributed by atoms with van der Waals surface area (Å²) in [6.07, 6.45) is 5.78. The molecule has 0 amide bonds. The first-order valence-corrected chi connectivity index (χ1v) is 5.78. The van der Waals surface area contributed by atoms with Crippen molar-refractivity contribution in [3.05, 3.63) is 0 Å². The fraction of sp³-hybridized carbons (Fsp3) is 1.00. The van der Waals surface area contributed by atoms with Crippen molar-refractivity contribution in [1.29, 1.82) is 0 Å². The minimum atomic E-state index is -0.826. The SMILES string of the molecule is CCC[C@@]1(F)CC(CC)C[C@H](C)C1. The van der Waals surface area contributed by atoms with Crippen molar-refractivity contribution in [2.24, 2.45) is 11.8 Å². The molecule has 1 unspecified atom stereocenters. The van der Waals surface area contributed by atoms with Gasteiger partial charge in [-0.05, 0) is 37.5 Å². The molecule has 0 bridgehead atoms. The molecule has 1 saturated carbocycles. The van der Waals surface area contributed by atoms with E-state index in [9.17, 15) is 4.39 Å². The highest BCUT2D eigenvalue weighted by Gasteiger charge is 2.37. The lowest BCUT2D eigenvalue weighted by atomic mass is 9.71. The van der Waals surface area contributed by atoms with Gasteiger partial charge in [0.1, 0.15) is 5.67 Å². The zero-order valence-electron chi connectivity index (χ0n) is 9.28. The standard InChI is InChI=1S/C12H23F/c1-4-6-12(13)8-10(3)7-11(5-2)9-12/h10-11H,4-9H2,1-3H3/t10-,11?,12-/m0/s1. The molecule has 3 atom stereocenters. The van der Waals surface area contributed by atoms with Crippen LogP contribution < -0.4 is 0 Å². The van der Waals surface area contributed by atoms with Gasteiger partial charge in [-0.3, -0.25) is 0 Å². The average molecular weight is 186 g/mol. The molecule has 0 spiro atoms. The molecule has 0 radical (unpaired) electrons. The predicted molar refractivity (Wildman–Crippen MR) is 55.5 cm³/mol. The maximum absolute atomic E-state index is 14.3. The number of hydrogen-bond acceptors (Lipinski definition) is 0. The van der Waals surface area contributed by atoms with E-state index in [4.69, 9.17) is 0 Å². The highest BCUT2D eigenvalue weighted by Crippen LogP contribution is 2.42. The highest BCUT2D eigenvalue weighted by molar-refractivity contribution is 4.88. The van der Waals surface area contributed by atoms with Crippen molar-refractivity contribution in [2.75, 3.05) is 0 Å². The first kappa shape index (κ1) is 11.0. The fourth-order valence-corrected chi connectivity index (χ4v) is 2.92. The lowest BCUT2D eigenvalue weighted by Crippen LogP contribution is -2.34. The fourth-order valence-electron chi connectivity index (χ4n) is 2.92. The molecule has 0 aromatic rings. The van der Waals surface area contributed by atoms with Crippen LogP contribution in [0.2, 0.25) is 0 Å². The van der Waals surface area contributed by atoms with E-state index in [-0.39, 0.29) is 0 Å². The van der Waals surface area contributed by atoms with Crippen LogP contribution in [0.25, 0.3) is 0 Å². The lowest BCUT2D eigenvalue weighted by molar-refractivity contribution is 0.0375. The van der Waals surface area contributed by atoms with E-state index in [1.165, 1.54) is 6.42 Å². The molecule has 1 heteroatoms. The topological polar surface area (TPSA) is 0 Å². The molecule has 78 valence electrons. The molecular weight excluding hydrogens is 163 g/mol. The predicted octanol–water partition coefficient (Wildman–Crippen LogP) is 4.34. The van der Waals surface area contributed by atoms with Crippen LogP contribution in [0.15, 0.2) is 0 Å². The van der Waals surface area contributed by atoms with E-state index in [0.29, 0.717) is 11.8 Å². The van der Waals surface area contributed by atoms with Gasteiger partial charge in [-0.2, -0.15) is 0 Å². The van der Waals surface area contributed by atoms with Crippen molar-refractivity contribution in [3.8, 4) is 0 Å². The zero-order valence-corrected chi connectivity index (χ0v) is 9.28. The van der Waals surface area contributed by atoms with Gasteiger partial charge in [0.25, 0.3) is 0 Å². The molecule has 0 nitrogen and oxygen atoms in total. The van der Waals surface area contributed by atoms with Gasteiger partial charge in [0.05, 0.1) is 0 Å². The van der Waals surface area contributed by atoms with Crippen LogP contribution in [-0.2, 0) is 0 Å². The molecule has 13 heavy (non-hydrogen) atoms. The third kappa shape index (κ3) is 2.96. The third-order valence-corrected chi connectivity index (χ3v) is 3.38. The van der Waals surface area contributed by atoms with Gasteiger partial charge < -0.3 is 0 Å². The molecule has 0 N–H and O–H groups in total. The van der Waals surface area contributed by atoms with Gasteiger partial charge >= 0.3 is 0 Å². The Morgan fingerprint density at radius 1 is 1.31 bits per heavy atom. The smallest absolute Gasteiger partial charge is 0.111 e. The monoisotopic (exact) mass is 186 g/mol. The van der Waals surface area contributed by atoms with E-state index in [2.05, 4.69) is 20.8 Å². The second-order valence-corrected chi connectivity index (χ2v) is 4.92. The number of rotatable bonds is 3. The Morgan fingerprint density at radius 3 is 2.54 bits per heavy atom. The molecule has 0 aliphatic heterocycles. The molecule has 1 aliphatic rings. The Balaban J connectivity index is 2.54. The van der Waals surface area contributed by atoms with E-state index >= 15 is 0 Å². The number of alkyl halides is 1. The number of hydrogen-bond donors (Lipinski definition) is 0. The van der Waals surface area contributed by atoms with E-state index < -0.39 is 5.67 Å². The van der Waals surface area contributed by atoms with Crippen LogP contribution in [-0.4, -0.2) is 5.67 Å². The van der Waals surface area contributed by atoms with Crippen molar-refractivity contribution >= 4 is 0 Å². The average Bonchev–Trinajstić information content (AvgIpc) is 2.02. The first-order valence-electron chi connectivity index (χ1n) is 5.78. The summed E-state index contributed by atoms with van der Waals surface area (Å²) in [5.41, 5.74) is -0.826. The van der Waals surface area contributed by atoms with E-state index in [1.54, 1.807) is 0 Å². The van der Waals surface area contributed by atoms with E-state index in [0.717, 1.165) is 32.1 Å². The summed E-state index contributed by atoms with van der Waals surface area (Å²) in [6, 6.07) is 0. The van der Waals surface area contributed by atoms with Crippen LogP contribution in [0.3, 0.4) is 0 Å². The summed E-state index contributed by atoms with van der Waals surface area (Å²) >= 11 is 0. The van der Waals surface area contributed by atoms with Crippen LogP contribution in [0.4, 0.5) is 4.39 Å². The van der Waals surface area contributed by atoms with Crippen LogP contribution in [0.1, 0.15) is 59.3 Å². The van der Waals surface area contributed by atoms with Crippen molar-refractivity contribution < 1.29 is 4.39 Å². The molecule has 1 aliphatic carbocycles. The van der Waals surface area contributed by atoms with Gasteiger partial charge in [0.2, 0.25) is 0 Å². The van der Waals surface area contributed by atoms with Gasteiger partial charge in [-0.1, -0.05) is 33.6 Å².